The van der Waals surface area contributed by atoms with Crippen molar-refractivity contribution in [1.29, 1.82) is 0 Å². The van der Waals surface area contributed by atoms with Crippen molar-refractivity contribution in [2.45, 2.75) is 12.3 Å². The van der Waals surface area contributed by atoms with E-state index in [2.05, 4.69) is 0 Å². The van der Waals surface area contributed by atoms with Crippen LogP contribution < -0.4 is 5.73 Å². The lowest BCUT2D eigenvalue weighted by molar-refractivity contribution is 0.464. The van der Waals surface area contributed by atoms with E-state index in [1.165, 1.54) is 18.2 Å². The molecule has 2 rings (SSSR count). The molecule has 1 aromatic carbocycles. The molecule has 1 aromatic rings. The Morgan fingerprint density at radius 1 is 1.54 bits per heavy atom. The molecule has 1 fully saturated rings. The fraction of sp³-hybridized carbons (Fsp3) is 0.400. The molecular weight excluding hydrogens is 169 g/mol. The fourth-order valence-electron chi connectivity index (χ4n) is 1.71. The van der Waals surface area contributed by atoms with Crippen LogP contribution >= 0.6 is 0 Å². The molecule has 0 heterocycles. The fourth-order valence-corrected chi connectivity index (χ4v) is 1.71. The molecule has 2 nitrogen and oxygen atoms in total. The van der Waals surface area contributed by atoms with Crippen molar-refractivity contribution in [1.82, 2.24) is 0 Å². The summed E-state index contributed by atoms with van der Waals surface area (Å²) in [5.41, 5.74) is 6.18. The SMILES string of the molecule is NCC1CC1c1cc(F)ccc1O. The monoisotopic (exact) mass is 181 g/mol. The maximum absolute atomic E-state index is 12.8. The van der Waals surface area contributed by atoms with Crippen LogP contribution in [0.3, 0.4) is 0 Å². The standard InChI is InChI=1S/C10H12FNO/c11-7-1-2-10(13)9(4-7)8-3-6(8)5-12/h1-2,4,6,8,13H,3,5,12H2. The normalized spacial score (nSPS) is 26.0. The molecule has 1 aliphatic carbocycles. The average Bonchev–Trinajstić information content (AvgIpc) is 2.88. The highest BCUT2D eigenvalue weighted by Gasteiger charge is 2.38. The molecule has 3 heteroatoms. The molecule has 13 heavy (non-hydrogen) atoms. The van der Waals surface area contributed by atoms with Crippen molar-refractivity contribution in [2.75, 3.05) is 6.54 Å². The molecule has 1 saturated carbocycles. The third kappa shape index (κ3) is 1.52. The van der Waals surface area contributed by atoms with E-state index < -0.39 is 0 Å². The summed E-state index contributed by atoms with van der Waals surface area (Å²) in [6.07, 6.45) is 0.966. The van der Waals surface area contributed by atoms with Gasteiger partial charge in [-0.1, -0.05) is 0 Å². The molecule has 0 aromatic heterocycles. The Kier molecular flexibility index (Phi) is 1.96. The van der Waals surface area contributed by atoms with Gasteiger partial charge < -0.3 is 10.8 Å². The van der Waals surface area contributed by atoms with Gasteiger partial charge in [0.2, 0.25) is 0 Å². The number of phenols is 1. The summed E-state index contributed by atoms with van der Waals surface area (Å²) < 4.78 is 12.8. The molecule has 2 atom stereocenters. The van der Waals surface area contributed by atoms with Crippen molar-refractivity contribution >= 4 is 0 Å². The van der Waals surface area contributed by atoms with Crippen LogP contribution in [0.4, 0.5) is 4.39 Å². The first-order chi connectivity index (χ1) is 6.22. The van der Waals surface area contributed by atoms with Crippen LogP contribution in [0.5, 0.6) is 5.75 Å². The van der Waals surface area contributed by atoms with Crippen LogP contribution in [0.2, 0.25) is 0 Å². The zero-order valence-corrected chi connectivity index (χ0v) is 7.20. The molecular formula is C10H12FNO. The number of phenolic OH excluding ortho intramolecular Hbond substituents is 1. The van der Waals surface area contributed by atoms with Crippen molar-refractivity contribution in [3.63, 3.8) is 0 Å². The molecule has 1 aliphatic rings. The Hall–Kier alpha value is -1.09. The smallest absolute Gasteiger partial charge is 0.123 e. The van der Waals surface area contributed by atoms with Crippen molar-refractivity contribution in [3.05, 3.63) is 29.6 Å². The molecule has 3 N–H and O–H groups in total. The van der Waals surface area contributed by atoms with Gasteiger partial charge in [-0.25, -0.2) is 4.39 Å². The van der Waals surface area contributed by atoms with Crippen LogP contribution in [0.25, 0.3) is 0 Å². The average molecular weight is 181 g/mol. The number of hydrogen-bond donors (Lipinski definition) is 2. The maximum atomic E-state index is 12.8. The Morgan fingerprint density at radius 2 is 2.31 bits per heavy atom. The third-order valence-corrected chi connectivity index (χ3v) is 2.61. The maximum Gasteiger partial charge on any atom is 0.123 e. The minimum Gasteiger partial charge on any atom is -0.508 e. The quantitative estimate of drug-likeness (QED) is 0.727. The van der Waals surface area contributed by atoms with E-state index in [1.54, 1.807) is 0 Å². The Morgan fingerprint density at radius 3 is 2.92 bits per heavy atom. The summed E-state index contributed by atoms with van der Waals surface area (Å²) in [4.78, 5) is 0. The number of aromatic hydroxyl groups is 1. The lowest BCUT2D eigenvalue weighted by Crippen LogP contribution is -2.02. The molecule has 0 saturated heterocycles. The highest BCUT2D eigenvalue weighted by molar-refractivity contribution is 5.39. The second-order valence-electron chi connectivity index (χ2n) is 3.54. The van der Waals surface area contributed by atoms with Gasteiger partial charge >= 0.3 is 0 Å². The number of halogens is 1. The van der Waals surface area contributed by atoms with E-state index in [-0.39, 0.29) is 17.5 Å². The molecule has 0 radical (unpaired) electrons. The summed E-state index contributed by atoms with van der Waals surface area (Å²) in [5.74, 6) is 0.575. The van der Waals surface area contributed by atoms with E-state index >= 15 is 0 Å². The lowest BCUT2D eigenvalue weighted by Gasteiger charge is -2.02. The topological polar surface area (TPSA) is 46.2 Å². The van der Waals surface area contributed by atoms with Crippen LogP contribution in [-0.4, -0.2) is 11.7 Å². The van der Waals surface area contributed by atoms with Crippen LogP contribution in [0.15, 0.2) is 18.2 Å². The predicted octanol–water partition coefficient (Wildman–Crippen LogP) is 1.59. The molecule has 0 amide bonds. The van der Waals surface area contributed by atoms with E-state index in [9.17, 15) is 9.50 Å². The first kappa shape index (κ1) is 8.51. The summed E-state index contributed by atoms with van der Waals surface area (Å²) in [6, 6.07) is 4.06. The second-order valence-corrected chi connectivity index (χ2v) is 3.54. The van der Waals surface area contributed by atoms with Gasteiger partial charge in [0, 0.05) is 5.56 Å². The first-order valence-electron chi connectivity index (χ1n) is 4.41. The third-order valence-electron chi connectivity index (χ3n) is 2.61. The molecule has 0 spiro atoms. The number of nitrogens with two attached hydrogens (primary N) is 1. The highest BCUT2D eigenvalue weighted by atomic mass is 19.1. The van der Waals surface area contributed by atoms with E-state index in [0.717, 1.165) is 6.42 Å². The van der Waals surface area contributed by atoms with E-state index in [4.69, 9.17) is 5.73 Å². The molecule has 2 unspecified atom stereocenters. The van der Waals surface area contributed by atoms with Crippen LogP contribution in [0.1, 0.15) is 17.9 Å². The summed E-state index contributed by atoms with van der Waals surface area (Å²) in [5, 5.41) is 9.45. The van der Waals surface area contributed by atoms with Gasteiger partial charge in [-0.15, -0.1) is 0 Å². The van der Waals surface area contributed by atoms with Gasteiger partial charge in [0.15, 0.2) is 0 Å². The lowest BCUT2D eigenvalue weighted by atomic mass is 10.1. The summed E-state index contributed by atoms with van der Waals surface area (Å²) in [7, 11) is 0. The number of benzene rings is 1. The first-order valence-corrected chi connectivity index (χ1v) is 4.41. The minimum atomic E-state index is -0.296. The highest BCUT2D eigenvalue weighted by Crippen LogP contribution is 2.49. The Bertz CT molecular complexity index is 327. The van der Waals surface area contributed by atoms with Crippen molar-refractivity contribution in [2.24, 2.45) is 11.7 Å². The molecule has 0 aliphatic heterocycles. The van der Waals surface area contributed by atoms with Gasteiger partial charge in [0.05, 0.1) is 0 Å². The molecule has 0 bridgehead atoms. The largest absolute Gasteiger partial charge is 0.508 e. The van der Waals surface area contributed by atoms with Crippen LogP contribution in [-0.2, 0) is 0 Å². The Balaban J connectivity index is 2.25. The molecule has 70 valence electrons. The Labute approximate surface area is 76.2 Å². The van der Waals surface area contributed by atoms with Crippen LogP contribution in [0, 0.1) is 11.7 Å². The number of rotatable bonds is 2. The summed E-state index contributed by atoms with van der Waals surface area (Å²) >= 11 is 0. The zero-order chi connectivity index (χ0) is 9.42. The second kappa shape index (κ2) is 3.00. The summed E-state index contributed by atoms with van der Waals surface area (Å²) in [6.45, 7) is 0.612. The van der Waals surface area contributed by atoms with Crippen molar-refractivity contribution < 1.29 is 9.50 Å². The van der Waals surface area contributed by atoms with E-state index in [0.29, 0.717) is 18.0 Å². The van der Waals surface area contributed by atoms with E-state index in [1.807, 2.05) is 0 Å². The van der Waals surface area contributed by atoms with Gasteiger partial charge in [-0.3, -0.25) is 0 Å². The number of hydrogen-bond acceptors (Lipinski definition) is 2. The van der Waals surface area contributed by atoms with Gasteiger partial charge in [0.25, 0.3) is 0 Å². The van der Waals surface area contributed by atoms with Crippen molar-refractivity contribution in [3.8, 4) is 5.75 Å². The van der Waals surface area contributed by atoms with Gasteiger partial charge in [-0.05, 0) is 43.0 Å². The van der Waals surface area contributed by atoms with Gasteiger partial charge in [-0.2, -0.15) is 0 Å². The van der Waals surface area contributed by atoms with Gasteiger partial charge in [0.1, 0.15) is 11.6 Å². The minimum absolute atomic E-state index is 0.183. The predicted molar refractivity (Wildman–Crippen MR) is 48.0 cm³/mol. The zero-order valence-electron chi connectivity index (χ0n) is 7.20.